The highest BCUT2D eigenvalue weighted by Crippen LogP contribution is 2.16. The summed E-state index contributed by atoms with van der Waals surface area (Å²) in [6.07, 6.45) is 3.17. The lowest BCUT2D eigenvalue weighted by Crippen LogP contribution is -2.24. The van der Waals surface area contributed by atoms with Crippen LogP contribution in [0.1, 0.15) is 35.6 Å². The van der Waals surface area contributed by atoms with E-state index in [4.69, 9.17) is 0 Å². The molecule has 0 aliphatic heterocycles. The van der Waals surface area contributed by atoms with Gasteiger partial charge in [0.1, 0.15) is 11.2 Å². The maximum atomic E-state index is 12.8. The smallest absolute Gasteiger partial charge is 0.261 e. The second kappa shape index (κ2) is 6.51. The number of fused-ring (bicyclic) bond motifs is 1. The maximum Gasteiger partial charge on any atom is 0.261 e. The molecule has 0 aromatic carbocycles. The van der Waals surface area contributed by atoms with E-state index in [0.717, 1.165) is 11.4 Å². The number of rotatable bonds is 4. The van der Waals surface area contributed by atoms with Gasteiger partial charge in [-0.15, -0.1) is 0 Å². The van der Waals surface area contributed by atoms with Gasteiger partial charge in [-0.3, -0.25) is 14.3 Å². The van der Waals surface area contributed by atoms with Crippen molar-refractivity contribution in [2.45, 2.75) is 40.8 Å². The summed E-state index contributed by atoms with van der Waals surface area (Å²) in [5.74, 6) is -0.437. The van der Waals surface area contributed by atoms with Gasteiger partial charge in [0.2, 0.25) is 5.43 Å². The van der Waals surface area contributed by atoms with Crippen molar-refractivity contribution in [3.05, 3.63) is 51.7 Å². The Kier molecular flexibility index (Phi) is 4.39. The zero-order valence-corrected chi connectivity index (χ0v) is 14.8. The Morgan fingerprint density at radius 3 is 2.60 bits per heavy atom. The number of nitrogens with one attached hydrogen (secondary N) is 1. The molecule has 0 fully saturated rings. The second-order valence-electron chi connectivity index (χ2n) is 5.90. The lowest BCUT2D eigenvalue weighted by Gasteiger charge is -2.11. The first-order valence-corrected chi connectivity index (χ1v) is 8.30. The topological polar surface area (TPSA) is 81.8 Å². The number of carbonyl (C=O) groups is 1. The molecule has 7 heteroatoms. The van der Waals surface area contributed by atoms with Crippen LogP contribution < -0.4 is 10.7 Å². The highest BCUT2D eigenvalue weighted by molar-refractivity contribution is 6.05. The lowest BCUT2D eigenvalue weighted by atomic mass is 10.1. The number of anilines is 1. The van der Waals surface area contributed by atoms with Crippen LogP contribution in [0.4, 0.5) is 5.69 Å². The van der Waals surface area contributed by atoms with E-state index in [1.165, 1.54) is 0 Å². The van der Waals surface area contributed by atoms with E-state index in [0.29, 0.717) is 29.8 Å². The first-order chi connectivity index (χ1) is 12.0. The monoisotopic (exact) mass is 339 g/mol. The number of aryl methyl sites for hydroxylation is 3. The van der Waals surface area contributed by atoms with E-state index in [2.05, 4.69) is 15.4 Å². The molecule has 0 saturated carbocycles. The molecular formula is C18H21N5O2. The van der Waals surface area contributed by atoms with Crippen LogP contribution in [0.15, 0.2) is 29.3 Å². The minimum absolute atomic E-state index is 0.101. The third kappa shape index (κ3) is 2.93. The first-order valence-electron chi connectivity index (χ1n) is 8.30. The van der Waals surface area contributed by atoms with Crippen LogP contribution in [0, 0.1) is 13.8 Å². The zero-order chi connectivity index (χ0) is 18.1. The molecule has 3 rings (SSSR count). The minimum Gasteiger partial charge on any atom is -0.332 e. The highest BCUT2D eigenvalue weighted by Gasteiger charge is 2.17. The summed E-state index contributed by atoms with van der Waals surface area (Å²) in [7, 11) is 0. The predicted octanol–water partition coefficient (Wildman–Crippen LogP) is 2.50. The zero-order valence-electron chi connectivity index (χ0n) is 14.8. The average Bonchev–Trinajstić information content (AvgIpc) is 2.95. The molecule has 3 aromatic heterocycles. The van der Waals surface area contributed by atoms with Crippen molar-refractivity contribution in [2.75, 3.05) is 5.32 Å². The van der Waals surface area contributed by atoms with E-state index < -0.39 is 5.91 Å². The van der Waals surface area contributed by atoms with Gasteiger partial charge in [0.05, 0.1) is 23.0 Å². The quantitative estimate of drug-likeness (QED) is 0.792. The number of amides is 1. The number of pyridine rings is 2. The Morgan fingerprint density at radius 1 is 1.20 bits per heavy atom. The third-order valence-electron chi connectivity index (χ3n) is 4.30. The Balaban J connectivity index is 2.07. The summed E-state index contributed by atoms with van der Waals surface area (Å²) >= 11 is 0. The van der Waals surface area contributed by atoms with Crippen molar-refractivity contribution in [3.63, 3.8) is 0 Å². The maximum absolute atomic E-state index is 12.8. The Hall–Kier alpha value is -2.96. The molecule has 0 saturated heterocycles. The van der Waals surface area contributed by atoms with Crippen molar-refractivity contribution in [3.8, 4) is 0 Å². The number of hydrogen-bond acceptors (Lipinski definition) is 4. The predicted molar refractivity (Wildman–Crippen MR) is 97.0 cm³/mol. The van der Waals surface area contributed by atoms with Gasteiger partial charge in [0.15, 0.2) is 0 Å². The van der Waals surface area contributed by atoms with Crippen LogP contribution in [0.3, 0.4) is 0 Å². The van der Waals surface area contributed by atoms with Crippen LogP contribution >= 0.6 is 0 Å². The van der Waals surface area contributed by atoms with E-state index in [1.807, 2.05) is 32.3 Å². The summed E-state index contributed by atoms with van der Waals surface area (Å²) in [6.45, 7) is 9.00. The van der Waals surface area contributed by atoms with Gasteiger partial charge in [-0.1, -0.05) is 0 Å². The summed E-state index contributed by atoms with van der Waals surface area (Å²) < 4.78 is 3.61. The molecule has 0 radical (unpaired) electrons. The van der Waals surface area contributed by atoms with Gasteiger partial charge in [-0.2, -0.15) is 5.10 Å². The van der Waals surface area contributed by atoms with Crippen molar-refractivity contribution < 1.29 is 4.79 Å². The SMILES string of the molecule is CCn1ncc(NC(=O)c2cn(CC)c3nc(C)ccc3c2=O)c1C. The molecule has 0 aliphatic rings. The van der Waals surface area contributed by atoms with Crippen LogP contribution in [0.25, 0.3) is 11.0 Å². The van der Waals surface area contributed by atoms with Crippen molar-refractivity contribution >= 4 is 22.6 Å². The molecule has 3 heterocycles. The van der Waals surface area contributed by atoms with Crippen LogP contribution in [0.5, 0.6) is 0 Å². The number of nitrogens with zero attached hydrogens (tertiary/aromatic N) is 4. The fraction of sp³-hybridized carbons (Fsp3) is 0.333. The van der Waals surface area contributed by atoms with Gasteiger partial charge in [-0.05, 0) is 39.8 Å². The first kappa shape index (κ1) is 16.9. The van der Waals surface area contributed by atoms with E-state index in [-0.39, 0.29) is 11.0 Å². The molecule has 0 unspecified atom stereocenters. The summed E-state index contributed by atoms with van der Waals surface area (Å²) in [5.41, 5.74) is 2.67. The summed E-state index contributed by atoms with van der Waals surface area (Å²) in [4.78, 5) is 29.9. The van der Waals surface area contributed by atoms with Gasteiger partial charge in [0, 0.05) is 25.0 Å². The van der Waals surface area contributed by atoms with Crippen molar-refractivity contribution in [1.82, 2.24) is 19.3 Å². The fourth-order valence-electron chi connectivity index (χ4n) is 2.84. The van der Waals surface area contributed by atoms with Crippen molar-refractivity contribution in [1.29, 1.82) is 0 Å². The molecule has 0 bridgehead atoms. The third-order valence-corrected chi connectivity index (χ3v) is 4.30. The van der Waals surface area contributed by atoms with E-state index in [9.17, 15) is 9.59 Å². The molecule has 25 heavy (non-hydrogen) atoms. The number of carbonyl (C=O) groups excluding carboxylic acids is 1. The Morgan fingerprint density at radius 2 is 1.96 bits per heavy atom. The molecule has 3 aromatic rings. The molecule has 0 spiro atoms. The molecule has 1 N–H and O–H groups in total. The van der Waals surface area contributed by atoms with Crippen LogP contribution in [-0.4, -0.2) is 25.2 Å². The molecule has 1 amide bonds. The molecule has 0 atom stereocenters. The summed E-state index contributed by atoms with van der Waals surface area (Å²) in [5, 5.41) is 7.44. The van der Waals surface area contributed by atoms with E-state index in [1.54, 1.807) is 29.2 Å². The second-order valence-corrected chi connectivity index (χ2v) is 5.90. The van der Waals surface area contributed by atoms with Crippen molar-refractivity contribution in [2.24, 2.45) is 0 Å². The largest absolute Gasteiger partial charge is 0.332 e. The standard InChI is InChI=1S/C18H21N5O2/c1-5-22-10-14(16(24)13-8-7-11(3)20-17(13)22)18(25)21-15-9-19-23(6-2)12(15)4/h7-10H,5-6H2,1-4H3,(H,21,25). The average molecular weight is 339 g/mol. The van der Waals surface area contributed by atoms with Gasteiger partial charge in [0.25, 0.3) is 5.91 Å². The Labute approximate surface area is 145 Å². The molecule has 7 nitrogen and oxygen atoms in total. The normalized spacial score (nSPS) is 11.0. The Bertz CT molecular complexity index is 1020. The lowest BCUT2D eigenvalue weighted by molar-refractivity contribution is 0.102. The van der Waals surface area contributed by atoms with E-state index >= 15 is 0 Å². The number of aromatic nitrogens is 4. The molecule has 130 valence electrons. The molecular weight excluding hydrogens is 318 g/mol. The number of hydrogen-bond donors (Lipinski definition) is 1. The molecule has 0 aliphatic carbocycles. The van der Waals surface area contributed by atoms with Crippen LogP contribution in [-0.2, 0) is 13.1 Å². The van der Waals surface area contributed by atoms with Gasteiger partial charge >= 0.3 is 0 Å². The highest BCUT2D eigenvalue weighted by atomic mass is 16.2. The van der Waals surface area contributed by atoms with Gasteiger partial charge < -0.3 is 9.88 Å². The fourth-order valence-corrected chi connectivity index (χ4v) is 2.84. The minimum atomic E-state index is -0.437. The summed E-state index contributed by atoms with van der Waals surface area (Å²) in [6, 6.07) is 3.50. The van der Waals surface area contributed by atoms with Gasteiger partial charge in [-0.25, -0.2) is 4.98 Å². The van der Waals surface area contributed by atoms with Crippen LogP contribution in [0.2, 0.25) is 0 Å².